The third kappa shape index (κ3) is 9.27. The van der Waals surface area contributed by atoms with Gasteiger partial charge >= 0.3 is 17.1 Å². The van der Waals surface area contributed by atoms with Gasteiger partial charge < -0.3 is 52.2 Å². The largest absolute Gasteiger partial charge is 0.395 e. The zero-order chi connectivity index (χ0) is 36.0. The summed E-state index contributed by atoms with van der Waals surface area (Å²) in [5.41, 5.74) is 13.0. The molecular formula is C25H33F2N9O10S3. The Morgan fingerprint density at radius 2 is 1.22 bits per heavy atom. The van der Waals surface area contributed by atoms with Gasteiger partial charge in [-0.05, 0) is 6.07 Å². The van der Waals surface area contributed by atoms with Crippen molar-refractivity contribution in [2.45, 2.75) is 46.2 Å². The van der Waals surface area contributed by atoms with E-state index in [9.17, 15) is 33.4 Å². The Hall–Kier alpha value is -3.33. The minimum atomic E-state index is -1.12. The first-order valence-electron chi connectivity index (χ1n) is 14.1. The number of aliphatic hydroxyl groups excluding tert-OH is 5. The summed E-state index contributed by atoms with van der Waals surface area (Å²) >= 11 is 3.83. The fourth-order valence-electron chi connectivity index (χ4n) is 4.43. The van der Waals surface area contributed by atoms with Crippen LogP contribution in [-0.2, 0) is 9.47 Å². The molecule has 3 aromatic rings. The number of halogens is 2. The van der Waals surface area contributed by atoms with Crippen molar-refractivity contribution in [3.05, 3.63) is 67.7 Å². The zero-order valence-electron chi connectivity index (χ0n) is 25.1. The predicted molar refractivity (Wildman–Crippen MR) is 175 cm³/mol. The van der Waals surface area contributed by atoms with Crippen molar-refractivity contribution in [1.82, 2.24) is 28.7 Å². The molecule has 0 unspecified atom stereocenters. The molecule has 0 saturated carbocycles. The summed E-state index contributed by atoms with van der Waals surface area (Å²) < 4.78 is 40.1. The zero-order valence-corrected chi connectivity index (χ0v) is 27.6. The fourth-order valence-corrected chi connectivity index (χ4v) is 7.67. The molecule has 0 radical (unpaired) electrons. The molecule has 3 aliphatic rings. The number of anilines is 3. The summed E-state index contributed by atoms with van der Waals surface area (Å²) in [7, 11) is 0. The Balaban J connectivity index is 0.000000166. The SMILES string of the molecule is Nc1ccn([C@@H]2S[C@H](CO)[C@@H](O)[C@H]2O)c(=O)n1.Nc1nc(=O)n([C@@H]2CS[C@H](CO)O2)cc1F.Nc1nc(=O)n([C@@H]2CS[C@H](CO)O2)cc1F. The molecule has 6 rings (SSSR count). The van der Waals surface area contributed by atoms with Gasteiger partial charge in [-0.15, -0.1) is 35.3 Å². The second-order valence-electron chi connectivity index (χ2n) is 10.2. The molecule has 19 nitrogen and oxygen atoms in total. The second kappa shape index (κ2) is 17.1. The lowest BCUT2D eigenvalue weighted by Crippen LogP contribution is -2.36. The average Bonchev–Trinajstić information content (AvgIpc) is 3.81. The molecule has 3 fully saturated rings. The summed E-state index contributed by atoms with van der Waals surface area (Å²) in [6, 6.07) is 1.44. The molecule has 3 saturated heterocycles. The number of aromatic nitrogens is 6. The normalized spacial score (nSPS) is 27.7. The minimum Gasteiger partial charge on any atom is -0.395 e. The maximum atomic E-state index is 13.1. The van der Waals surface area contributed by atoms with E-state index in [1.165, 1.54) is 40.4 Å². The molecule has 24 heteroatoms. The van der Waals surface area contributed by atoms with Crippen molar-refractivity contribution >= 4 is 52.7 Å². The molecule has 49 heavy (non-hydrogen) atoms. The van der Waals surface area contributed by atoms with Gasteiger partial charge in [0.05, 0.1) is 43.6 Å². The Morgan fingerprint density at radius 3 is 1.61 bits per heavy atom. The molecule has 0 spiro atoms. The van der Waals surface area contributed by atoms with Crippen LogP contribution in [0.4, 0.5) is 26.2 Å². The Bertz CT molecular complexity index is 1690. The van der Waals surface area contributed by atoms with E-state index in [0.717, 1.165) is 33.3 Å². The van der Waals surface area contributed by atoms with E-state index in [-0.39, 0.29) is 25.6 Å². The third-order valence-corrected chi connectivity index (χ3v) is 10.7. The van der Waals surface area contributed by atoms with Crippen molar-refractivity contribution in [2.75, 3.05) is 48.5 Å². The van der Waals surface area contributed by atoms with Crippen molar-refractivity contribution in [2.24, 2.45) is 0 Å². The Labute approximate surface area is 287 Å². The highest BCUT2D eigenvalue weighted by Gasteiger charge is 2.43. The molecule has 0 aromatic carbocycles. The molecule has 8 atom stereocenters. The van der Waals surface area contributed by atoms with E-state index in [1.807, 2.05) is 0 Å². The predicted octanol–water partition coefficient (Wildman–Crippen LogP) is -2.76. The van der Waals surface area contributed by atoms with E-state index in [0.29, 0.717) is 11.5 Å². The monoisotopic (exact) mass is 753 g/mol. The van der Waals surface area contributed by atoms with Crippen LogP contribution in [0.25, 0.3) is 0 Å². The number of rotatable bonds is 6. The molecule has 3 aromatic heterocycles. The van der Waals surface area contributed by atoms with Crippen LogP contribution in [0.15, 0.2) is 39.0 Å². The number of nitrogen functional groups attached to an aromatic ring is 3. The topological polar surface area (TPSA) is 302 Å². The summed E-state index contributed by atoms with van der Waals surface area (Å²) in [6.07, 6.45) is -0.0715. The first-order valence-corrected chi connectivity index (χ1v) is 17.1. The van der Waals surface area contributed by atoms with E-state index in [4.69, 9.17) is 42.0 Å². The minimum absolute atomic E-state index is 0.1000. The molecule has 0 bridgehead atoms. The van der Waals surface area contributed by atoms with Crippen LogP contribution in [0.3, 0.4) is 0 Å². The van der Waals surface area contributed by atoms with Gasteiger partial charge in [-0.3, -0.25) is 13.7 Å². The number of nitrogens with zero attached hydrogens (tertiary/aromatic N) is 6. The maximum Gasteiger partial charge on any atom is 0.351 e. The number of ether oxygens (including phenoxy) is 2. The van der Waals surface area contributed by atoms with Gasteiger partial charge in [-0.25, -0.2) is 23.2 Å². The van der Waals surface area contributed by atoms with Gasteiger partial charge in [-0.1, -0.05) is 0 Å². The van der Waals surface area contributed by atoms with E-state index >= 15 is 0 Å². The number of thioether (sulfide) groups is 3. The molecular weight excluding hydrogens is 721 g/mol. The highest BCUT2D eigenvalue weighted by atomic mass is 32.2. The highest BCUT2D eigenvalue weighted by molar-refractivity contribution is 8.00. The van der Waals surface area contributed by atoms with Crippen LogP contribution in [0.1, 0.15) is 17.8 Å². The van der Waals surface area contributed by atoms with Crippen molar-refractivity contribution in [3.63, 3.8) is 0 Å². The van der Waals surface area contributed by atoms with Gasteiger partial charge in [0.25, 0.3) is 0 Å². The first kappa shape index (κ1) is 38.5. The average molecular weight is 754 g/mol. The lowest BCUT2D eigenvalue weighted by Gasteiger charge is -2.17. The number of aliphatic hydroxyl groups is 5. The van der Waals surface area contributed by atoms with E-state index in [2.05, 4.69) is 15.0 Å². The summed E-state index contributed by atoms with van der Waals surface area (Å²) in [6.45, 7) is -0.571. The van der Waals surface area contributed by atoms with Gasteiger partial charge in [0.15, 0.2) is 23.3 Å². The lowest BCUT2D eigenvalue weighted by atomic mass is 10.1. The van der Waals surface area contributed by atoms with Crippen LogP contribution in [0.5, 0.6) is 0 Å². The number of nitrogens with two attached hydrogens (primary N) is 3. The van der Waals surface area contributed by atoms with E-state index in [1.54, 1.807) is 0 Å². The summed E-state index contributed by atoms with van der Waals surface area (Å²) in [5, 5.41) is 45.0. The van der Waals surface area contributed by atoms with Crippen LogP contribution >= 0.6 is 35.3 Å². The van der Waals surface area contributed by atoms with Gasteiger partial charge in [0.1, 0.15) is 40.6 Å². The Kier molecular flexibility index (Phi) is 13.4. The van der Waals surface area contributed by atoms with Crippen molar-refractivity contribution in [3.8, 4) is 0 Å². The fraction of sp³-hybridized carbons (Fsp3) is 0.520. The van der Waals surface area contributed by atoms with Crippen LogP contribution in [0.2, 0.25) is 0 Å². The standard InChI is InChI=1S/C9H13N3O4S.2C8H10FN3O3S/c10-5-1-2-12(9(16)11-5)8-7(15)6(14)4(3-13)17-8;2*9-4-1-12(8(14)11-7(4)10)5-3-16-6(2-13)15-5/h1-2,4,6-8,13-15H,3H2,(H2,10,11,16);2*1,5-6,13H,2-3H2,(H2,10,11,14)/t4-,6-,7-,8-;2*5-,6+/m100/s1. The lowest BCUT2D eigenvalue weighted by molar-refractivity contribution is -0.00681. The molecule has 3 aliphatic heterocycles. The van der Waals surface area contributed by atoms with E-state index < -0.39 is 86.5 Å². The Morgan fingerprint density at radius 1 is 0.755 bits per heavy atom. The van der Waals surface area contributed by atoms with Gasteiger partial charge in [0.2, 0.25) is 0 Å². The molecule has 0 aliphatic carbocycles. The number of hydrogen-bond acceptors (Lipinski definition) is 19. The maximum absolute atomic E-state index is 13.1. The second-order valence-corrected chi connectivity index (χ2v) is 13.9. The third-order valence-electron chi connectivity index (χ3n) is 6.90. The van der Waals surface area contributed by atoms with Crippen LogP contribution < -0.4 is 34.3 Å². The van der Waals surface area contributed by atoms with Crippen molar-refractivity contribution < 1.29 is 43.8 Å². The molecule has 270 valence electrons. The molecule has 6 heterocycles. The number of hydrogen-bond donors (Lipinski definition) is 8. The van der Waals surface area contributed by atoms with Gasteiger partial charge in [-0.2, -0.15) is 15.0 Å². The summed E-state index contributed by atoms with van der Waals surface area (Å²) in [4.78, 5) is 44.6. The smallest absolute Gasteiger partial charge is 0.351 e. The van der Waals surface area contributed by atoms with Gasteiger partial charge in [0, 0.05) is 17.7 Å². The summed E-state index contributed by atoms with van der Waals surface area (Å²) in [5.74, 6) is -1.37. The highest BCUT2D eigenvalue weighted by Crippen LogP contribution is 2.41. The van der Waals surface area contributed by atoms with Crippen molar-refractivity contribution in [1.29, 1.82) is 0 Å². The van der Waals surface area contributed by atoms with Crippen LogP contribution in [-0.4, -0.2) is 114 Å². The quantitative estimate of drug-likeness (QED) is 0.126. The first-order chi connectivity index (χ1) is 23.3. The van der Waals surface area contributed by atoms with Crippen LogP contribution in [0, 0.1) is 11.6 Å². The molecule has 11 N–H and O–H groups in total. The molecule has 0 amide bonds.